The predicted molar refractivity (Wildman–Crippen MR) is 207 cm³/mol. The number of para-hydroxylation sites is 2. The lowest BCUT2D eigenvalue weighted by molar-refractivity contribution is 0.669. The number of aromatic nitrogens is 3. The van der Waals surface area contributed by atoms with Crippen molar-refractivity contribution in [1.82, 2.24) is 15.0 Å². The average Bonchev–Trinajstić information content (AvgIpc) is 3.77. The summed E-state index contributed by atoms with van der Waals surface area (Å²) in [4.78, 5) is 15.4. The lowest BCUT2D eigenvalue weighted by Crippen LogP contribution is -2.01. The SMILES string of the molecule is c1ccc(-c2ccccc2-c2nc(-c3ccc(-c4cccc5c4sc4ccccc45)cc3)nc(-c3cccc4c3oc3ccccc34)n2)cc1. The fourth-order valence-electron chi connectivity index (χ4n) is 6.99. The van der Waals surface area contributed by atoms with Gasteiger partial charge in [-0.3, -0.25) is 0 Å². The van der Waals surface area contributed by atoms with Crippen molar-refractivity contribution in [3.05, 3.63) is 164 Å². The minimum atomic E-state index is 0.566. The molecule has 234 valence electrons. The number of fused-ring (bicyclic) bond motifs is 6. The van der Waals surface area contributed by atoms with Crippen LogP contribution in [0.15, 0.2) is 168 Å². The van der Waals surface area contributed by atoms with E-state index >= 15 is 0 Å². The molecule has 0 amide bonds. The molecule has 0 aliphatic rings. The molecule has 10 rings (SSSR count). The van der Waals surface area contributed by atoms with E-state index in [1.54, 1.807) is 0 Å². The number of rotatable bonds is 5. The fourth-order valence-corrected chi connectivity index (χ4v) is 8.23. The summed E-state index contributed by atoms with van der Waals surface area (Å²) in [6.45, 7) is 0. The zero-order valence-electron chi connectivity index (χ0n) is 26.7. The van der Waals surface area contributed by atoms with Gasteiger partial charge in [-0.2, -0.15) is 0 Å². The molecular weight excluding hydrogens is 631 g/mol. The Morgan fingerprint density at radius 1 is 0.360 bits per heavy atom. The summed E-state index contributed by atoms with van der Waals surface area (Å²) >= 11 is 1.84. The largest absolute Gasteiger partial charge is 0.455 e. The highest BCUT2D eigenvalue weighted by molar-refractivity contribution is 7.26. The smallest absolute Gasteiger partial charge is 0.167 e. The van der Waals surface area contributed by atoms with E-state index in [2.05, 4.69) is 121 Å². The summed E-state index contributed by atoms with van der Waals surface area (Å²) in [5.41, 5.74) is 8.82. The number of hydrogen-bond donors (Lipinski definition) is 0. The first-order chi connectivity index (χ1) is 24.8. The van der Waals surface area contributed by atoms with Gasteiger partial charge in [0.25, 0.3) is 0 Å². The second-order valence-corrected chi connectivity index (χ2v) is 13.4. The Bertz CT molecular complexity index is 2870. The van der Waals surface area contributed by atoms with Crippen molar-refractivity contribution < 1.29 is 4.42 Å². The summed E-state index contributed by atoms with van der Waals surface area (Å²) in [6.07, 6.45) is 0. The van der Waals surface area contributed by atoms with E-state index < -0.39 is 0 Å². The van der Waals surface area contributed by atoms with Crippen LogP contribution in [0.3, 0.4) is 0 Å². The van der Waals surface area contributed by atoms with Crippen molar-refractivity contribution in [2.75, 3.05) is 0 Å². The minimum Gasteiger partial charge on any atom is -0.455 e. The molecule has 10 aromatic rings. The van der Waals surface area contributed by atoms with Crippen molar-refractivity contribution in [3.8, 4) is 56.4 Å². The third-order valence-corrected chi connectivity index (χ3v) is 10.6. The van der Waals surface area contributed by atoms with Gasteiger partial charge in [0.1, 0.15) is 11.2 Å². The van der Waals surface area contributed by atoms with E-state index in [1.165, 1.54) is 25.7 Å². The summed E-state index contributed by atoms with van der Waals surface area (Å²) < 4.78 is 9.04. The number of nitrogens with zero attached hydrogens (tertiary/aromatic N) is 3. The van der Waals surface area contributed by atoms with Crippen LogP contribution in [0.1, 0.15) is 0 Å². The number of hydrogen-bond acceptors (Lipinski definition) is 5. The molecule has 5 heteroatoms. The van der Waals surface area contributed by atoms with Gasteiger partial charge in [-0.15, -0.1) is 11.3 Å². The maximum absolute atomic E-state index is 6.44. The molecule has 0 aliphatic carbocycles. The molecule has 0 atom stereocenters. The lowest BCUT2D eigenvalue weighted by atomic mass is 9.99. The van der Waals surface area contributed by atoms with Gasteiger partial charge in [-0.05, 0) is 40.5 Å². The molecule has 3 heterocycles. The van der Waals surface area contributed by atoms with Crippen molar-refractivity contribution >= 4 is 53.4 Å². The van der Waals surface area contributed by atoms with Gasteiger partial charge < -0.3 is 4.42 Å². The van der Waals surface area contributed by atoms with Gasteiger partial charge in [-0.25, -0.2) is 15.0 Å². The normalized spacial score (nSPS) is 11.6. The molecule has 0 bridgehead atoms. The molecule has 0 saturated carbocycles. The van der Waals surface area contributed by atoms with E-state index in [9.17, 15) is 0 Å². The molecule has 0 N–H and O–H groups in total. The van der Waals surface area contributed by atoms with Crippen LogP contribution in [0.4, 0.5) is 0 Å². The topological polar surface area (TPSA) is 51.8 Å². The first-order valence-electron chi connectivity index (χ1n) is 16.6. The zero-order valence-corrected chi connectivity index (χ0v) is 27.6. The number of thiophene rings is 1. The highest BCUT2D eigenvalue weighted by Gasteiger charge is 2.19. The van der Waals surface area contributed by atoms with Gasteiger partial charge in [0.2, 0.25) is 0 Å². The maximum Gasteiger partial charge on any atom is 0.167 e. The highest BCUT2D eigenvalue weighted by Crippen LogP contribution is 2.41. The molecule has 0 radical (unpaired) electrons. The highest BCUT2D eigenvalue weighted by atomic mass is 32.1. The van der Waals surface area contributed by atoms with E-state index in [0.29, 0.717) is 17.5 Å². The quantitative estimate of drug-likeness (QED) is 0.185. The molecule has 4 nitrogen and oxygen atoms in total. The third kappa shape index (κ3) is 4.71. The third-order valence-electron chi connectivity index (χ3n) is 9.39. The standard InChI is InChI=1S/C45H27N3OS/c1-2-12-28(13-3-1)31-14-4-5-17-37(31)44-46-43(47-45(48-44)38-21-11-19-35-33-15-6-8-22-39(33)49-41(35)38)30-26-24-29(25-27-30)32-18-10-20-36-34-16-7-9-23-40(34)50-42(32)36/h1-27H. The summed E-state index contributed by atoms with van der Waals surface area (Å²) in [5.74, 6) is 1.78. The van der Waals surface area contributed by atoms with Crippen molar-refractivity contribution in [1.29, 1.82) is 0 Å². The Hall–Kier alpha value is -6.43. The van der Waals surface area contributed by atoms with Gasteiger partial charge >= 0.3 is 0 Å². The van der Waals surface area contributed by atoms with Crippen LogP contribution in [0.5, 0.6) is 0 Å². The second-order valence-electron chi connectivity index (χ2n) is 12.4. The fraction of sp³-hybridized carbons (Fsp3) is 0. The molecular formula is C45H27N3OS. The van der Waals surface area contributed by atoms with Crippen LogP contribution in [-0.4, -0.2) is 15.0 Å². The van der Waals surface area contributed by atoms with Crippen molar-refractivity contribution in [3.63, 3.8) is 0 Å². The summed E-state index contributed by atoms with van der Waals surface area (Å²) in [7, 11) is 0. The lowest BCUT2D eigenvalue weighted by Gasteiger charge is -2.12. The van der Waals surface area contributed by atoms with E-state index in [-0.39, 0.29) is 0 Å². The Kier molecular flexibility index (Phi) is 6.64. The van der Waals surface area contributed by atoms with E-state index in [1.807, 2.05) is 53.8 Å². The maximum atomic E-state index is 6.44. The molecule has 0 fully saturated rings. The minimum absolute atomic E-state index is 0.566. The number of furan rings is 1. The van der Waals surface area contributed by atoms with Crippen LogP contribution in [0.25, 0.3) is 98.5 Å². The summed E-state index contributed by atoms with van der Waals surface area (Å²) in [5, 5.41) is 4.69. The van der Waals surface area contributed by atoms with Crippen molar-refractivity contribution in [2.24, 2.45) is 0 Å². The molecule has 0 unspecified atom stereocenters. The Morgan fingerprint density at radius 2 is 0.920 bits per heavy atom. The van der Waals surface area contributed by atoms with Crippen LogP contribution >= 0.6 is 11.3 Å². The first-order valence-corrected chi connectivity index (χ1v) is 17.4. The van der Waals surface area contributed by atoms with E-state index in [0.717, 1.165) is 55.3 Å². The van der Waals surface area contributed by atoms with Crippen LogP contribution < -0.4 is 0 Å². The van der Waals surface area contributed by atoms with Gasteiger partial charge in [0.05, 0.1) is 5.56 Å². The van der Waals surface area contributed by atoms with Crippen molar-refractivity contribution in [2.45, 2.75) is 0 Å². The molecule has 3 aromatic heterocycles. The van der Waals surface area contributed by atoms with Gasteiger partial charge in [0.15, 0.2) is 17.5 Å². The Morgan fingerprint density at radius 3 is 1.76 bits per heavy atom. The Balaban J connectivity index is 1.15. The molecule has 50 heavy (non-hydrogen) atoms. The Labute approximate surface area is 292 Å². The summed E-state index contributed by atoms with van der Waals surface area (Å²) in [6, 6.07) is 56.8. The molecule has 0 saturated heterocycles. The monoisotopic (exact) mass is 657 g/mol. The predicted octanol–water partition coefficient (Wildman–Crippen LogP) is 12.5. The molecule has 0 spiro atoms. The van der Waals surface area contributed by atoms with Gasteiger partial charge in [0, 0.05) is 42.1 Å². The van der Waals surface area contributed by atoms with Crippen LogP contribution in [-0.2, 0) is 0 Å². The molecule has 7 aromatic carbocycles. The average molecular weight is 658 g/mol. The second kappa shape index (κ2) is 11.6. The van der Waals surface area contributed by atoms with E-state index in [4.69, 9.17) is 19.4 Å². The van der Waals surface area contributed by atoms with Crippen LogP contribution in [0, 0.1) is 0 Å². The van der Waals surface area contributed by atoms with Gasteiger partial charge in [-0.1, -0.05) is 146 Å². The molecule has 0 aliphatic heterocycles. The van der Waals surface area contributed by atoms with Crippen LogP contribution in [0.2, 0.25) is 0 Å². The first kappa shape index (κ1) is 28.6. The zero-order chi connectivity index (χ0) is 33.0. The number of benzene rings is 7.